The zero-order chi connectivity index (χ0) is 14.7. The number of amides is 1. The lowest BCUT2D eigenvalue weighted by molar-refractivity contribution is -0.142. The number of carbonyl (C=O) groups is 1. The van der Waals surface area contributed by atoms with E-state index in [1.165, 1.54) is 0 Å². The molecule has 1 aliphatic heterocycles. The SMILES string of the molecule is CN(Cc1nccs1)C(=O)C1(n2cccn2)CCNCC1. The second-order valence-electron chi connectivity index (χ2n) is 5.32. The van der Waals surface area contributed by atoms with Gasteiger partial charge in [-0.1, -0.05) is 0 Å². The van der Waals surface area contributed by atoms with E-state index >= 15 is 0 Å². The Morgan fingerprint density at radius 2 is 2.29 bits per heavy atom. The number of nitrogens with zero attached hydrogens (tertiary/aromatic N) is 4. The summed E-state index contributed by atoms with van der Waals surface area (Å²) < 4.78 is 1.83. The summed E-state index contributed by atoms with van der Waals surface area (Å²) in [5.41, 5.74) is -0.569. The third-order valence-electron chi connectivity index (χ3n) is 3.97. The van der Waals surface area contributed by atoms with Crippen LogP contribution in [0.15, 0.2) is 30.0 Å². The lowest BCUT2D eigenvalue weighted by atomic mass is 9.87. The highest BCUT2D eigenvalue weighted by Gasteiger charge is 2.43. The predicted molar refractivity (Wildman–Crippen MR) is 80.9 cm³/mol. The van der Waals surface area contributed by atoms with Gasteiger partial charge in [-0.3, -0.25) is 9.48 Å². The molecular weight excluding hydrogens is 286 g/mol. The van der Waals surface area contributed by atoms with Crippen LogP contribution in [0.3, 0.4) is 0 Å². The lowest BCUT2D eigenvalue weighted by Gasteiger charge is -2.39. The van der Waals surface area contributed by atoms with Crippen LogP contribution in [0.1, 0.15) is 17.8 Å². The van der Waals surface area contributed by atoms with E-state index in [0.29, 0.717) is 6.54 Å². The van der Waals surface area contributed by atoms with Gasteiger partial charge in [-0.15, -0.1) is 11.3 Å². The van der Waals surface area contributed by atoms with E-state index in [2.05, 4.69) is 15.4 Å². The molecule has 0 unspecified atom stereocenters. The molecule has 1 amide bonds. The Bertz CT molecular complexity index is 575. The molecule has 3 heterocycles. The van der Waals surface area contributed by atoms with Crippen LogP contribution in [0.2, 0.25) is 0 Å². The topological polar surface area (TPSA) is 63.1 Å². The Labute approximate surface area is 127 Å². The summed E-state index contributed by atoms with van der Waals surface area (Å²) in [5, 5.41) is 10.5. The molecule has 0 aromatic carbocycles. The van der Waals surface area contributed by atoms with Crippen LogP contribution in [0.5, 0.6) is 0 Å². The van der Waals surface area contributed by atoms with Gasteiger partial charge in [0.15, 0.2) is 0 Å². The van der Waals surface area contributed by atoms with Gasteiger partial charge in [-0.05, 0) is 32.0 Å². The minimum Gasteiger partial charge on any atom is -0.337 e. The van der Waals surface area contributed by atoms with Gasteiger partial charge in [0.05, 0.1) is 6.54 Å². The number of rotatable bonds is 4. The van der Waals surface area contributed by atoms with E-state index in [0.717, 1.165) is 30.9 Å². The fraction of sp³-hybridized carbons (Fsp3) is 0.500. The molecule has 0 radical (unpaired) electrons. The molecule has 1 N–H and O–H groups in total. The molecule has 0 spiro atoms. The average molecular weight is 305 g/mol. The standard InChI is InChI=1S/C14H19N5OS/c1-18(11-12-16-8-10-21-12)13(20)14(3-6-15-7-4-14)19-9-2-5-17-19/h2,5,8-10,15H,3-4,6-7,11H2,1H3. The Kier molecular flexibility index (Phi) is 4.03. The number of thiazole rings is 1. The molecule has 1 saturated heterocycles. The highest BCUT2D eigenvalue weighted by molar-refractivity contribution is 7.09. The zero-order valence-corrected chi connectivity index (χ0v) is 12.8. The van der Waals surface area contributed by atoms with Crippen LogP contribution in [0.4, 0.5) is 0 Å². The number of hydrogen-bond donors (Lipinski definition) is 1. The van der Waals surface area contributed by atoms with Crippen molar-refractivity contribution >= 4 is 17.2 Å². The van der Waals surface area contributed by atoms with E-state index in [4.69, 9.17) is 0 Å². The molecule has 0 saturated carbocycles. The number of carbonyl (C=O) groups excluding carboxylic acids is 1. The van der Waals surface area contributed by atoms with E-state index in [9.17, 15) is 4.79 Å². The van der Waals surface area contributed by atoms with Crippen LogP contribution in [-0.4, -0.2) is 45.7 Å². The molecule has 0 bridgehead atoms. The van der Waals surface area contributed by atoms with Gasteiger partial charge in [-0.25, -0.2) is 4.98 Å². The Morgan fingerprint density at radius 1 is 1.48 bits per heavy atom. The molecule has 7 heteroatoms. The molecule has 21 heavy (non-hydrogen) atoms. The summed E-state index contributed by atoms with van der Waals surface area (Å²) >= 11 is 1.57. The molecule has 1 fully saturated rings. The monoisotopic (exact) mass is 305 g/mol. The van der Waals surface area contributed by atoms with E-state index in [1.807, 2.05) is 29.4 Å². The largest absolute Gasteiger partial charge is 0.337 e. The summed E-state index contributed by atoms with van der Waals surface area (Å²) in [6.45, 7) is 2.21. The molecule has 112 valence electrons. The van der Waals surface area contributed by atoms with Gasteiger partial charge in [0.25, 0.3) is 5.91 Å². The average Bonchev–Trinajstić information content (AvgIpc) is 3.20. The Balaban J connectivity index is 1.84. The second-order valence-corrected chi connectivity index (χ2v) is 6.30. The highest BCUT2D eigenvalue weighted by Crippen LogP contribution is 2.29. The Hall–Kier alpha value is -1.73. The van der Waals surface area contributed by atoms with Gasteiger partial charge < -0.3 is 10.2 Å². The highest BCUT2D eigenvalue weighted by atomic mass is 32.1. The van der Waals surface area contributed by atoms with Crippen LogP contribution in [0.25, 0.3) is 0 Å². The summed E-state index contributed by atoms with van der Waals surface area (Å²) in [7, 11) is 1.84. The first-order valence-corrected chi connectivity index (χ1v) is 7.95. The van der Waals surface area contributed by atoms with Crippen molar-refractivity contribution < 1.29 is 4.79 Å². The van der Waals surface area contributed by atoms with Gasteiger partial charge in [0.1, 0.15) is 10.5 Å². The quantitative estimate of drug-likeness (QED) is 0.918. The first kappa shape index (κ1) is 14.2. The minimum absolute atomic E-state index is 0.114. The van der Waals surface area contributed by atoms with Crippen LogP contribution >= 0.6 is 11.3 Å². The Morgan fingerprint density at radius 3 is 2.90 bits per heavy atom. The molecule has 0 atom stereocenters. The first-order valence-electron chi connectivity index (χ1n) is 7.07. The molecule has 2 aromatic heterocycles. The summed E-state index contributed by atoms with van der Waals surface area (Å²) in [6.07, 6.45) is 6.91. The molecule has 6 nitrogen and oxygen atoms in total. The van der Waals surface area contributed by atoms with Crippen molar-refractivity contribution in [3.05, 3.63) is 35.0 Å². The van der Waals surface area contributed by atoms with Crippen LogP contribution in [-0.2, 0) is 16.9 Å². The zero-order valence-electron chi connectivity index (χ0n) is 12.0. The number of hydrogen-bond acceptors (Lipinski definition) is 5. The summed E-state index contributed by atoms with van der Waals surface area (Å²) in [4.78, 5) is 19.1. The van der Waals surface area contributed by atoms with Gasteiger partial charge in [0.2, 0.25) is 0 Å². The van der Waals surface area contributed by atoms with Crippen molar-refractivity contribution in [1.82, 2.24) is 25.0 Å². The normalized spacial score (nSPS) is 17.6. The fourth-order valence-electron chi connectivity index (χ4n) is 2.86. The maximum Gasteiger partial charge on any atom is 0.250 e. The van der Waals surface area contributed by atoms with Crippen molar-refractivity contribution in [1.29, 1.82) is 0 Å². The van der Waals surface area contributed by atoms with Crippen molar-refractivity contribution in [2.75, 3.05) is 20.1 Å². The van der Waals surface area contributed by atoms with Gasteiger partial charge in [-0.2, -0.15) is 5.10 Å². The van der Waals surface area contributed by atoms with Gasteiger partial charge in [0, 0.05) is 31.0 Å². The van der Waals surface area contributed by atoms with Crippen molar-refractivity contribution in [3.63, 3.8) is 0 Å². The first-order chi connectivity index (χ1) is 10.2. The number of aromatic nitrogens is 3. The van der Waals surface area contributed by atoms with Crippen molar-refractivity contribution in [2.45, 2.75) is 24.9 Å². The predicted octanol–water partition coefficient (Wildman–Crippen LogP) is 1.08. The summed E-state index contributed by atoms with van der Waals surface area (Å²) in [6, 6.07) is 1.87. The van der Waals surface area contributed by atoms with Crippen molar-refractivity contribution in [3.8, 4) is 0 Å². The lowest BCUT2D eigenvalue weighted by Crippen LogP contribution is -2.54. The fourth-order valence-corrected chi connectivity index (χ4v) is 3.53. The van der Waals surface area contributed by atoms with E-state index in [-0.39, 0.29) is 5.91 Å². The smallest absolute Gasteiger partial charge is 0.250 e. The van der Waals surface area contributed by atoms with Gasteiger partial charge >= 0.3 is 0 Å². The number of likely N-dealkylation sites (N-methyl/N-ethyl adjacent to an activating group) is 1. The second kappa shape index (κ2) is 5.95. The molecule has 1 aliphatic rings. The minimum atomic E-state index is -0.569. The molecule has 3 rings (SSSR count). The van der Waals surface area contributed by atoms with Crippen LogP contribution < -0.4 is 5.32 Å². The molecule has 0 aliphatic carbocycles. The maximum absolute atomic E-state index is 13.1. The summed E-state index contributed by atoms with van der Waals surface area (Å²) in [5.74, 6) is 0.114. The van der Waals surface area contributed by atoms with Crippen molar-refractivity contribution in [2.24, 2.45) is 0 Å². The third-order valence-corrected chi connectivity index (χ3v) is 4.74. The molecular formula is C14H19N5OS. The van der Waals surface area contributed by atoms with E-state index in [1.54, 1.807) is 28.6 Å². The number of nitrogens with one attached hydrogen (secondary N) is 1. The van der Waals surface area contributed by atoms with E-state index < -0.39 is 5.54 Å². The third kappa shape index (κ3) is 2.71. The molecule has 2 aromatic rings. The number of piperidine rings is 1. The van der Waals surface area contributed by atoms with Crippen LogP contribution in [0, 0.1) is 0 Å². The maximum atomic E-state index is 13.1.